The fraction of sp³-hybridized carbons (Fsp3) is 0.622. The van der Waals surface area contributed by atoms with Crippen LogP contribution in [0.3, 0.4) is 0 Å². The molecule has 0 saturated carbocycles. The first-order chi connectivity index (χ1) is 43.5. The third-order valence-electron chi connectivity index (χ3n) is 18.3. The van der Waals surface area contributed by atoms with Gasteiger partial charge < -0.3 is 5.11 Å². The van der Waals surface area contributed by atoms with Crippen molar-refractivity contribution in [1.29, 1.82) is 0 Å². The summed E-state index contributed by atoms with van der Waals surface area (Å²) in [4.78, 5) is 0. The summed E-state index contributed by atoms with van der Waals surface area (Å²) in [5.41, 5.74) is 25.8. The molecule has 0 amide bonds. The first kappa shape index (κ1) is 86.5. The van der Waals surface area contributed by atoms with Crippen molar-refractivity contribution in [3.63, 3.8) is 0 Å². The number of aliphatic hydroxyl groups excluding tert-OH is 1. The van der Waals surface area contributed by atoms with Crippen molar-refractivity contribution >= 4 is 0 Å². The maximum Gasteiger partial charge on any atom is 0.0433 e. The minimum Gasteiger partial charge on any atom is -0.396 e. The third-order valence-corrected chi connectivity index (χ3v) is 18.3. The lowest BCUT2D eigenvalue weighted by Crippen LogP contribution is -1.97. The van der Waals surface area contributed by atoms with Gasteiger partial charge in [0, 0.05) is 6.61 Å². The molecule has 0 aromatic heterocycles. The molecule has 0 aromatic carbocycles. The Kier molecular flexibility index (Phi) is 55.3. The van der Waals surface area contributed by atoms with Crippen LogP contribution in [0.25, 0.3) is 0 Å². The van der Waals surface area contributed by atoms with E-state index in [0.29, 0.717) is 12.5 Å². The van der Waals surface area contributed by atoms with Crippen LogP contribution in [0.5, 0.6) is 0 Å². The van der Waals surface area contributed by atoms with Gasteiger partial charge in [-0.15, -0.1) is 0 Å². The zero-order valence-corrected chi connectivity index (χ0v) is 63.8. The molecule has 0 rings (SSSR count). The van der Waals surface area contributed by atoms with Crippen LogP contribution in [0.1, 0.15) is 356 Å². The molecule has 1 nitrogen and oxygen atoms in total. The number of aliphatic hydroxyl groups is 1. The molecule has 0 fully saturated rings. The number of allylic oxidation sites excluding steroid dienone is 34. The maximum absolute atomic E-state index is 9.11. The first-order valence-electron chi connectivity index (χ1n) is 37.2. The summed E-state index contributed by atoms with van der Waals surface area (Å²) in [5, 5.41) is 9.11. The Morgan fingerprint density at radius 1 is 0.187 bits per heavy atom. The standard InChI is InChI=1S/C90H148O/c1-73(2)37-20-38-74(3)39-21-40-75(4)41-22-42-76(5)43-23-44-77(6)45-24-46-78(7)47-25-48-79(8)49-26-50-80(9)51-27-52-81(10)53-28-54-82(11)55-29-56-83(12)57-30-58-84(13)59-31-60-85(14)61-32-62-86(15)63-33-64-87(16)65-34-66-88(17)67-35-68-89(18)69-36-70-90(19)71-72-91/h37,39,41,43,45,47,49,51,53,55,57,59,61,63,65,67,69,90-91H,20-36,38,40,42,44,46,48,50,52,54,56,58,60,62,64,66,68,70-72H2,1-19H3/t90-/m0/s1. The SMILES string of the molecule is CC(C)=CCCC(C)=CCCC(C)=CCCC(C)=CCCC(C)=CCCC(C)=CCCC(C)=CCCC(C)=CCCC(C)=CCCC(C)=CCCC(C)=CCCC(C)=CCCC(C)=CCCC(C)=CCCC(C)=CCCC(C)=CCCC(C)=CCC[C@H](C)CCO. The maximum atomic E-state index is 9.11. The summed E-state index contributed by atoms with van der Waals surface area (Å²) in [6.07, 6.45) is 82.2. The van der Waals surface area contributed by atoms with E-state index in [-0.39, 0.29) is 0 Å². The highest BCUT2D eigenvalue weighted by Gasteiger charge is 2.03. The highest BCUT2D eigenvalue weighted by atomic mass is 16.3. The zero-order valence-electron chi connectivity index (χ0n) is 63.8. The summed E-state index contributed by atoms with van der Waals surface area (Å²) in [6.45, 7) is 43.9. The molecular formula is C90H148O. The van der Waals surface area contributed by atoms with Gasteiger partial charge in [-0.25, -0.2) is 0 Å². The van der Waals surface area contributed by atoms with E-state index in [1.165, 1.54) is 204 Å². The van der Waals surface area contributed by atoms with E-state index in [4.69, 9.17) is 5.11 Å². The molecule has 0 heterocycles. The smallest absolute Gasteiger partial charge is 0.0433 e. The van der Waals surface area contributed by atoms with Crippen LogP contribution in [0.2, 0.25) is 0 Å². The lowest BCUT2D eigenvalue weighted by Gasteiger charge is -2.07. The molecule has 0 unspecified atom stereocenters. The van der Waals surface area contributed by atoms with Crippen LogP contribution >= 0.6 is 0 Å². The van der Waals surface area contributed by atoms with Gasteiger partial charge in [-0.1, -0.05) is 205 Å². The summed E-state index contributed by atoms with van der Waals surface area (Å²) < 4.78 is 0. The number of hydrogen-bond donors (Lipinski definition) is 1. The topological polar surface area (TPSA) is 20.2 Å². The van der Waals surface area contributed by atoms with Gasteiger partial charge in [0.15, 0.2) is 0 Å². The Hall–Kier alpha value is -4.46. The van der Waals surface area contributed by atoms with Gasteiger partial charge in [0.05, 0.1) is 0 Å². The first-order valence-corrected chi connectivity index (χ1v) is 37.2. The highest BCUT2D eigenvalue weighted by Crippen LogP contribution is 2.22. The molecule has 0 radical (unpaired) electrons. The molecule has 514 valence electrons. The fourth-order valence-corrected chi connectivity index (χ4v) is 11.4. The lowest BCUT2D eigenvalue weighted by molar-refractivity contribution is 0.259. The zero-order chi connectivity index (χ0) is 67.9. The lowest BCUT2D eigenvalue weighted by atomic mass is 10.0. The molecule has 0 aliphatic heterocycles. The molecule has 0 aromatic rings. The van der Waals surface area contributed by atoms with Crippen molar-refractivity contribution in [2.45, 2.75) is 356 Å². The van der Waals surface area contributed by atoms with Crippen molar-refractivity contribution in [2.24, 2.45) is 5.92 Å². The molecule has 0 spiro atoms. The second-order valence-electron chi connectivity index (χ2n) is 28.9. The van der Waals surface area contributed by atoms with Gasteiger partial charge >= 0.3 is 0 Å². The van der Waals surface area contributed by atoms with Gasteiger partial charge in [-0.2, -0.15) is 0 Å². The fourth-order valence-electron chi connectivity index (χ4n) is 11.4. The molecule has 0 aliphatic rings. The van der Waals surface area contributed by atoms with Gasteiger partial charge in [-0.05, 0) is 355 Å². The van der Waals surface area contributed by atoms with Gasteiger partial charge in [-0.3, -0.25) is 0 Å². The van der Waals surface area contributed by atoms with E-state index in [0.717, 1.165) is 116 Å². The predicted octanol–water partition coefficient (Wildman–Crippen LogP) is 30.4. The van der Waals surface area contributed by atoms with Gasteiger partial charge in [0.1, 0.15) is 0 Å². The second-order valence-corrected chi connectivity index (χ2v) is 28.9. The summed E-state index contributed by atoms with van der Waals surface area (Å²) in [5.74, 6) is 0.611. The van der Waals surface area contributed by atoms with Crippen molar-refractivity contribution in [2.75, 3.05) is 6.61 Å². The minimum atomic E-state index is 0.309. The molecule has 0 saturated heterocycles. The number of hydrogen-bond acceptors (Lipinski definition) is 1. The van der Waals surface area contributed by atoms with E-state index in [9.17, 15) is 0 Å². The second kappa shape index (κ2) is 58.1. The highest BCUT2D eigenvalue weighted by molar-refractivity contribution is 5.14. The summed E-state index contributed by atoms with van der Waals surface area (Å²) in [6, 6.07) is 0. The average molecular weight is 1250 g/mol. The van der Waals surface area contributed by atoms with Crippen molar-refractivity contribution in [1.82, 2.24) is 0 Å². The molecule has 0 bridgehead atoms. The van der Waals surface area contributed by atoms with E-state index >= 15 is 0 Å². The molecule has 91 heavy (non-hydrogen) atoms. The summed E-state index contributed by atoms with van der Waals surface area (Å²) in [7, 11) is 0. The Labute approximate surface area is 568 Å². The Morgan fingerprint density at radius 2 is 0.308 bits per heavy atom. The van der Waals surface area contributed by atoms with Crippen molar-refractivity contribution in [3.8, 4) is 0 Å². The van der Waals surface area contributed by atoms with Gasteiger partial charge in [0.25, 0.3) is 0 Å². The Morgan fingerprint density at radius 3 is 0.429 bits per heavy atom. The number of rotatable bonds is 53. The van der Waals surface area contributed by atoms with Crippen LogP contribution < -0.4 is 0 Å². The minimum absolute atomic E-state index is 0.309. The van der Waals surface area contributed by atoms with E-state index in [1.807, 2.05) is 0 Å². The summed E-state index contributed by atoms with van der Waals surface area (Å²) >= 11 is 0. The monoisotopic (exact) mass is 1250 g/mol. The van der Waals surface area contributed by atoms with E-state index in [1.54, 1.807) is 0 Å². The van der Waals surface area contributed by atoms with Crippen molar-refractivity contribution < 1.29 is 5.11 Å². The van der Waals surface area contributed by atoms with Crippen LogP contribution in [0.15, 0.2) is 198 Å². The Bertz CT molecular complexity index is 2510. The predicted molar refractivity (Wildman–Crippen MR) is 417 cm³/mol. The quantitative estimate of drug-likeness (QED) is 0.0602. The molecule has 1 heteroatoms. The van der Waals surface area contributed by atoms with Crippen molar-refractivity contribution in [3.05, 3.63) is 198 Å². The van der Waals surface area contributed by atoms with E-state index < -0.39 is 0 Å². The van der Waals surface area contributed by atoms with E-state index in [2.05, 4.69) is 235 Å². The normalized spacial score (nSPS) is 15.4. The molecular weight excluding hydrogens is 1100 g/mol. The molecule has 0 aliphatic carbocycles. The van der Waals surface area contributed by atoms with Crippen LogP contribution in [-0.2, 0) is 0 Å². The molecule has 1 atom stereocenters. The Balaban J connectivity index is 4.34. The average Bonchev–Trinajstić information content (AvgIpc) is 3.47. The van der Waals surface area contributed by atoms with Crippen LogP contribution in [-0.4, -0.2) is 11.7 Å². The van der Waals surface area contributed by atoms with Gasteiger partial charge in [0.2, 0.25) is 0 Å². The third kappa shape index (κ3) is 59.1. The largest absolute Gasteiger partial charge is 0.396 e. The van der Waals surface area contributed by atoms with Crippen LogP contribution in [0, 0.1) is 5.92 Å². The molecule has 1 N–H and O–H groups in total. The van der Waals surface area contributed by atoms with Crippen LogP contribution in [0.4, 0.5) is 0 Å².